The fourth-order valence-electron chi connectivity index (χ4n) is 6.68. The van der Waals surface area contributed by atoms with Gasteiger partial charge >= 0.3 is 24.4 Å². The monoisotopic (exact) mass is 705 g/mol. The number of amides is 1. The molecule has 1 amide bonds. The van der Waals surface area contributed by atoms with Gasteiger partial charge in [-0.25, -0.2) is 9.59 Å². The number of cyclic esters (lactones) is 1. The summed E-state index contributed by atoms with van der Waals surface area (Å²) in [4.78, 5) is 26.8. The van der Waals surface area contributed by atoms with E-state index >= 15 is 0 Å². The number of hydrogen-bond donors (Lipinski definition) is 0. The number of alkyl halides is 6. The van der Waals surface area contributed by atoms with Crippen molar-refractivity contribution in [1.29, 1.82) is 0 Å². The SMILES string of the molecule is COC(=O)c1ccc(-c2ccc(OC)c(C3=C(CN4C(=O)OC(c5cc(C(F)(F)F)cc(C(F)(F)F)c5)[C@@H]4C)CC(C)(C)CC3)c2)c(OC)c1. The lowest BCUT2D eigenvalue weighted by molar-refractivity contribution is -0.143. The van der Waals surface area contributed by atoms with Gasteiger partial charge in [0, 0.05) is 17.7 Å². The molecule has 5 rings (SSSR count). The molecular formula is C37H37F6NO6. The topological polar surface area (TPSA) is 74.3 Å². The lowest BCUT2D eigenvalue weighted by atomic mass is 9.72. The van der Waals surface area contributed by atoms with Crippen LogP contribution in [0.5, 0.6) is 11.5 Å². The lowest BCUT2D eigenvalue weighted by Gasteiger charge is -2.36. The van der Waals surface area contributed by atoms with Gasteiger partial charge in [0.1, 0.15) is 17.6 Å². The van der Waals surface area contributed by atoms with E-state index in [2.05, 4.69) is 13.8 Å². The molecular weight excluding hydrogens is 668 g/mol. The van der Waals surface area contributed by atoms with Gasteiger partial charge in [-0.3, -0.25) is 4.90 Å². The molecule has 1 fully saturated rings. The normalized spacial score (nSPS) is 19.4. The van der Waals surface area contributed by atoms with Crippen LogP contribution in [0.15, 0.2) is 60.2 Å². The fourth-order valence-corrected chi connectivity index (χ4v) is 6.68. The molecule has 1 aliphatic carbocycles. The number of allylic oxidation sites excluding steroid dienone is 1. The van der Waals surface area contributed by atoms with E-state index in [1.807, 2.05) is 12.1 Å². The van der Waals surface area contributed by atoms with Gasteiger partial charge in [-0.2, -0.15) is 26.3 Å². The van der Waals surface area contributed by atoms with Crippen LogP contribution in [0.1, 0.15) is 78.7 Å². The summed E-state index contributed by atoms with van der Waals surface area (Å²) in [5, 5.41) is 0. The van der Waals surface area contributed by atoms with Crippen LogP contribution in [0, 0.1) is 5.41 Å². The molecule has 1 heterocycles. The molecule has 1 saturated heterocycles. The molecule has 0 N–H and O–H groups in total. The second-order valence-electron chi connectivity index (χ2n) is 13.3. The van der Waals surface area contributed by atoms with Crippen molar-refractivity contribution in [3.05, 3.63) is 88.0 Å². The average molecular weight is 706 g/mol. The number of methoxy groups -OCH3 is 3. The Balaban J connectivity index is 1.56. The van der Waals surface area contributed by atoms with Crippen LogP contribution in [0.25, 0.3) is 16.7 Å². The first-order valence-corrected chi connectivity index (χ1v) is 15.8. The van der Waals surface area contributed by atoms with Crippen LogP contribution in [0.4, 0.5) is 31.1 Å². The van der Waals surface area contributed by atoms with Crippen LogP contribution in [-0.4, -0.2) is 50.9 Å². The van der Waals surface area contributed by atoms with Gasteiger partial charge in [0.05, 0.1) is 44.1 Å². The lowest BCUT2D eigenvalue weighted by Crippen LogP contribution is -2.35. The Bertz CT molecular complexity index is 1800. The summed E-state index contributed by atoms with van der Waals surface area (Å²) in [6.45, 7) is 5.75. The van der Waals surface area contributed by atoms with Crippen molar-refractivity contribution in [2.45, 2.75) is 64.5 Å². The Morgan fingerprint density at radius 3 is 2.10 bits per heavy atom. The number of rotatable bonds is 8. The minimum atomic E-state index is -5.05. The van der Waals surface area contributed by atoms with E-state index in [0.29, 0.717) is 47.6 Å². The highest BCUT2D eigenvalue weighted by atomic mass is 19.4. The molecule has 2 atom stereocenters. The molecule has 3 aromatic carbocycles. The molecule has 50 heavy (non-hydrogen) atoms. The number of halogens is 6. The van der Waals surface area contributed by atoms with E-state index in [1.54, 1.807) is 31.2 Å². The molecule has 0 spiro atoms. The van der Waals surface area contributed by atoms with Gasteiger partial charge in [0.15, 0.2) is 0 Å². The summed E-state index contributed by atoms with van der Waals surface area (Å²) in [5.74, 6) is 0.478. The largest absolute Gasteiger partial charge is 0.496 e. The van der Waals surface area contributed by atoms with Gasteiger partial charge in [-0.05, 0) is 102 Å². The molecule has 2 aliphatic rings. The van der Waals surface area contributed by atoms with Crippen molar-refractivity contribution in [1.82, 2.24) is 4.90 Å². The maximum atomic E-state index is 13.6. The summed E-state index contributed by atoms with van der Waals surface area (Å²) in [6, 6.07) is 10.9. The predicted molar refractivity (Wildman–Crippen MR) is 173 cm³/mol. The predicted octanol–water partition coefficient (Wildman–Crippen LogP) is 9.74. The first kappa shape index (κ1) is 36.6. The van der Waals surface area contributed by atoms with Crippen molar-refractivity contribution in [3.63, 3.8) is 0 Å². The van der Waals surface area contributed by atoms with Crippen molar-refractivity contribution in [3.8, 4) is 22.6 Å². The van der Waals surface area contributed by atoms with Crippen LogP contribution in [0.2, 0.25) is 0 Å². The van der Waals surface area contributed by atoms with Crippen molar-refractivity contribution in [2.75, 3.05) is 27.9 Å². The quantitative estimate of drug-likeness (QED) is 0.172. The second-order valence-corrected chi connectivity index (χ2v) is 13.3. The first-order chi connectivity index (χ1) is 23.4. The molecule has 3 aromatic rings. The second kappa shape index (κ2) is 13.6. The Kier molecular flexibility index (Phi) is 9.92. The maximum absolute atomic E-state index is 13.6. The summed E-state index contributed by atoms with van der Waals surface area (Å²) in [7, 11) is 4.31. The molecule has 13 heteroatoms. The minimum Gasteiger partial charge on any atom is -0.496 e. The summed E-state index contributed by atoms with van der Waals surface area (Å²) in [6.07, 6.45) is -10.4. The number of hydrogen-bond acceptors (Lipinski definition) is 6. The van der Waals surface area contributed by atoms with E-state index in [9.17, 15) is 35.9 Å². The number of ether oxygens (including phenoxy) is 4. The molecule has 268 valence electrons. The zero-order valence-corrected chi connectivity index (χ0v) is 28.3. The summed E-state index contributed by atoms with van der Waals surface area (Å²) in [5.41, 5.74) is 0.736. The smallest absolute Gasteiger partial charge is 0.416 e. The Hall–Kier alpha value is -4.68. The van der Waals surface area contributed by atoms with Crippen LogP contribution in [-0.2, 0) is 21.8 Å². The third kappa shape index (κ3) is 7.41. The standard InChI is InChI=1S/C37H37F6NO6/c1-20-32(23-13-25(36(38,39)40)17-26(14-23)37(41,42)43)50-34(46)44(20)19-24-18-35(2,3)12-11-27(24)29-15-21(8-10-30(29)47-4)28-9-7-22(33(45)49-6)16-31(28)48-5/h7-10,13-17,20,32H,11-12,18-19H2,1-6H3/t20-,32?/m0/s1. The van der Waals surface area contributed by atoms with Gasteiger partial charge in [-0.1, -0.05) is 19.9 Å². The molecule has 0 saturated carbocycles. The minimum absolute atomic E-state index is 0.0326. The van der Waals surface area contributed by atoms with E-state index < -0.39 is 53.3 Å². The Morgan fingerprint density at radius 1 is 0.880 bits per heavy atom. The highest BCUT2D eigenvalue weighted by molar-refractivity contribution is 5.91. The van der Waals surface area contributed by atoms with Gasteiger partial charge < -0.3 is 18.9 Å². The first-order valence-electron chi connectivity index (χ1n) is 15.8. The Morgan fingerprint density at radius 2 is 1.52 bits per heavy atom. The molecule has 1 unspecified atom stereocenters. The maximum Gasteiger partial charge on any atom is 0.416 e. The average Bonchev–Trinajstić information content (AvgIpc) is 3.34. The number of carbonyl (C=O) groups excluding carboxylic acids is 2. The van der Waals surface area contributed by atoms with Gasteiger partial charge in [0.2, 0.25) is 0 Å². The molecule has 0 radical (unpaired) electrons. The van der Waals surface area contributed by atoms with E-state index in [-0.39, 0.29) is 18.0 Å². The van der Waals surface area contributed by atoms with Gasteiger partial charge in [0.25, 0.3) is 0 Å². The van der Waals surface area contributed by atoms with Crippen molar-refractivity contribution in [2.24, 2.45) is 5.41 Å². The van der Waals surface area contributed by atoms with Crippen molar-refractivity contribution >= 4 is 17.6 Å². The summed E-state index contributed by atoms with van der Waals surface area (Å²) >= 11 is 0. The molecule has 0 bridgehead atoms. The van der Waals surface area contributed by atoms with E-state index in [0.717, 1.165) is 28.7 Å². The number of nitrogens with zero attached hydrogens (tertiary/aromatic N) is 1. The number of benzene rings is 3. The number of carbonyl (C=O) groups is 2. The highest BCUT2D eigenvalue weighted by Crippen LogP contribution is 2.47. The third-order valence-corrected chi connectivity index (χ3v) is 9.32. The highest BCUT2D eigenvalue weighted by Gasteiger charge is 2.44. The van der Waals surface area contributed by atoms with E-state index in [1.165, 1.54) is 26.2 Å². The third-order valence-electron chi connectivity index (χ3n) is 9.32. The van der Waals surface area contributed by atoms with Crippen molar-refractivity contribution < 1.29 is 54.9 Å². The Labute approximate surface area is 285 Å². The van der Waals surface area contributed by atoms with Crippen LogP contribution in [0.3, 0.4) is 0 Å². The number of esters is 1. The zero-order chi connectivity index (χ0) is 36.8. The fraction of sp³-hybridized carbons (Fsp3) is 0.405. The van der Waals surface area contributed by atoms with Gasteiger partial charge in [-0.15, -0.1) is 0 Å². The zero-order valence-electron chi connectivity index (χ0n) is 28.3. The van der Waals surface area contributed by atoms with E-state index in [4.69, 9.17) is 18.9 Å². The molecule has 7 nitrogen and oxygen atoms in total. The molecule has 0 aromatic heterocycles. The van der Waals surface area contributed by atoms with Crippen LogP contribution < -0.4 is 9.47 Å². The molecule has 1 aliphatic heterocycles. The summed E-state index contributed by atoms with van der Waals surface area (Å²) < 4.78 is 104. The van der Waals surface area contributed by atoms with Crippen LogP contribution >= 0.6 is 0 Å².